The van der Waals surface area contributed by atoms with Gasteiger partial charge < -0.3 is 5.32 Å². The molecular formula is C21H25IN2O2. The number of halogens is 1. The first-order valence-corrected chi connectivity index (χ1v) is 9.76. The lowest BCUT2D eigenvalue weighted by molar-refractivity contribution is -0.127. The zero-order chi connectivity index (χ0) is 19.3. The maximum atomic E-state index is 13.2. The number of hydrogen-bond donors (Lipinski definition) is 1. The van der Waals surface area contributed by atoms with E-state index in [0.717, 1.165) is 14.8 Å². The van der Waals surface area contributed by atoms with Gasteiger partial charge in [0.1, 0.15) is 6.04 Å². The maximum absolute atomic E-state index is 13.2. The van der Waals surface area contributed by atoms with Crippen molar-refractivity contribution in [2.24, 2.45) is 0 Å². The molecule has 0 aliphatic carbocycles. The van der Waals surface area contributed by atoms with Crippen molar-refractivity contribution in [1.82, 2.24) is 5.32 Å². The molecule has 2 amide bonds. The number of amides is 2. The molecule has 0 fully saturated rings. The van der Waals surface area contributed by atoms with Crippen molar-refractivity contribution in [3.8, 4) is 0 Å². The molecule has 0 spiro atoms. The molecule has 1 N–H and O–H groups in total. The van der Waals surface area contributed by atoms with E-state index in [1.54, 1.807) is 4.90 Å². The SMILES string of the molecule is CCC(=O)N(c1ccccc1I)C(C(=O)NC(C)(C)C)c1ccccc1. The van der Waals surface area contributed by atoms with E-state index in [0.29, 0.717) is 6.42 Å². The Balaban J connectivity index is 2.60. The largest absolute Gasteiger partial charge is 0.349 e. The topological polar surface area (TPSA) is 49.4 Å². The number of nitrogens with one attached hydrogen (secondary N) is 1. The Labute approximate surface area is 169 Å². The third-order valence-electron chi connectivity index (χ3n) is 3.80. The summed E-state index contributed by atoms with van der Waals surface area (Å²) in [5.41, 5.74) is 1.14. The zero-order valence-electron chi connectivity index (χ0n) is 15.6. The first-order valence-electron chi connectivity index (χ1n) is 8.68. The molecule has 0 radical (unpaired) electrons. The summed E-state index contributed by atoms with van der Waals surface area (Å²) in [7, 11) is 0. The van der Waals surface area contributed by atoms with Crippen LogP contribution in [0, 0.1) is 3.57 Å². The Morgan fingerprint density at radius 2 is 1.62 bits per heavy atom. The van der Waals surface area contributed by atoms with Crippen molar-refractivity contribution in [2.75, 3.05) is 4.90 Å². The molecule has 0 bridgehead atoms. The first-order chi connectivity index (χ1) is 12.2. The van der Waals surface area contributed by atoms with E-state index < -0.39 is 11.6 Å². The summed E-state index contributed by atoms with van der Waals surface area (Å²) in [4.78, 5) is 27.7. The predicted molar refractivity (Wildman–Crippen MR) is 114 cm³/mol. The van der Waals surface area contributed by atoms with Crippen molar-refractivity contribution in [1.29, 1.82) is 0 Å². The van der Waals surface area contributed by atoms with Gasteiger partial charge in [0.25, 0.3) is 0 Å². The van der Waals surface area contributed by atoms with Gasteiger partial charge >= 0.3 is 0 Å². The van der Waals surface area contributed by atoms with Gasteiger partial charge in [-0.25, -0.2) is 0 Å². The molecule has 1 unspecified atom stereocenters. The third kappa shape index (κ3) is 5.06. The summed E-state index contributed by atoms with van der Waals surface area (Å²) in [5, 5.41) is 3.03. The molecule has 0 aliphatic heterocycles. The first kappa shape index (κ1) is 20.4. The molecule has 1 atom stereocenters. The van der Waals surface area contributed by atoms with Gasteiger partial charge in [0.15, 0.2) is 0 Å². The molecule has 0 heterocycles. The lowest BCUT2D eigenvalue weighted by Crippen LogP contribution is -2.49. The van der Waals surface area contributed by atoms with Crippen molar-refractivity contribution in [3.05, 3.63) is 63.7 Å². The van der Waals surface area contributed by atoms with Gasteiger partial charge in [0.2, 0.25) is 11.8 Å². The summed E-state index contributed by atoms with van der Waals surface area (Å²) >= 11 is 2.20. The van der Waals surface area contributed by atoms with Gasteiger partial charge in [-0.3, -0.25) is 14.5 Å². The summed E-state index contributed by atoms with van der Waals surface area (Å²) in [6.45, 7) is 7.62. The van der Waals surface area contributed by atoms with Crippen molar-refractivity contribution >= 4 is 40.1 Å². The average molecular weight is 464 g/mol. The lowest BCUT2D eigenvalue weighted by atomic mass is 10.0. The molecule has 26 heavy (non-hydrogen) atoms. The van der Waals surface area contributed by atoms with E-state index in [-0.39, 0.29) is 11.8 Å². The Bertz CT molecular complexity index is 769. The second-order valence-electron chi connectivity index (χ2n) is 7.12. The van der Waals surface area contributed by atoms with Crippen LogP contribution in [0.5, 0.6) is 0 Å². The van der Waals surface area contributed by atoms with Gasteiger partial charge in [0.05, 0.1) is 5.69 Å². The molecular weight excluding hydrogens is 439 g/mol. The standard InChI is InChI=1S/C21H25IN2O2/c1-5-18(25)24(17-14-10-9-13-16(17)22)19(15-11-7-6-8-12-15)20(26)23-21(2,3)4/h6-14,19H,5H2,1-4H3,(H,23,26). The van der Waals surface area contributed by atoms with E-state index in [1.165, 1.54) is 0 Å². The molecule has 2 rings (SSSR count). The molecule has 0 saturated heterocycles. The number of para-hydroxylation sites is 1. The number of rotatable bonds is 5. The minimum atomic E-state index is -0.723. The quantitative estimate of drug-likeness (QED) is 0.653. The minimum absolute atomic E-state index is 0.0907. The van der Waals surface area contributed by atoms with Crippen LogP contribution in [0.2, 0.25) is 0 Å². The Hall–Kier alpha value is -1.89. The maximum Gasteiger partial charge on any atom is 0.248 e. The number of benzene rings is 2. The van der Waals surface area contributed by atoms with Crippen LogP contribution in [-0.4, -0.2) is 17.4 Å². The van der Waals surface area contributed by atoms with Gasteiger partial charge in [0, 0.05) is 15.5 Å². The van der Waals surface area contributed by atoms with Crippen molar-refractivity contribution in [3.63, 3.8) is 0 Å². The molecule has 5 heteroatoms. The van der Waals surface area contributed by atoms with Crippen LogP contribution < -0.4 is 10.2 Å². The average Bonchev–Trinajstić information content (AvgIpc) is 2.59. The fourth-order valence-electron chi connectivity index (χ4n) is 2.73. The minimum Gasteiger partial charge on any atom is -0.349 e. The monoisotopic (exact) mass is 464 g/mol. The lowest BCUT2D eigenvalue weighted by Gasteiger charge is -2.34. The highest BCUT2D eigenvalue weighted by Crippen LogP contribution is 2.32. The second kappa shape index (κ2) is 8.66. The normalized spacial score (nSPS) is 12.3. The van der Waals surface area contributed by atoms with Gasteiger partial charge in [-0.15, -0.1) is 0 Å². The van der Waals surface area contributed by atoms with E-state index in [2.05, 4.69) is 27.9 Å². The zero-order valence-corrected chi connectivity index (χ0v) is 17.8. The van der Waals surface area contributed by atoms with E-state index in [4.69, 9.17) is 0 Å². The Morgan fingerprint density at radius 3 is 2.15 bits per heavy atom. The summed E-state index contributed by atoms with van der Waals surface area (Å²) in [6.07, 6.45) is 0.317. The summed E-state index contributed by atoms with van der Waals surface area (Å²) in [5.74, 6) is -0.280. The van der Waals surface area contributed by atoms with Crippen molar-refractivity contribution in [2.45, 2.75) is 45.7 Å². The molecule has 0 aromatic heterocycles. The summed E-state index contributed by atoms with van der Waals surface area (Å²) in [6, 6.07) is 16.4. The highest BCUT2D eigenvalue weighted by molar-refractivity contribution is 14.1. The predicted octanol–water partition coefficient (Wildman–Crippen LogP) is 4.69. The summed E-state index contributed by atoms with van der Waals surface area (Å²) < 4.78 is 0.927. The van der Waals surface area contributed by atoms with E-state index >= 15 is 0 Å². The number of carbonyl (C=O) groups excluding carboxylic acids is 2. The molecule has 138 valence electrons. The van der Waals surface area contributed by atoms with Gasteiger partial charge in [-0.1, -0.05) is 49.4 Å². The van der Waals surface area contributed by atoms with E-state index in [1.807, 2.05) is 82.3 Å². The molecule has 4 nitrogen and oxygen atoms in total. The van der Waals surface area contributed by atoms with Crippen LogP contribution in [-0.2, 0) is 9.59 Å². The van der Waals surface area contributed by atoms with E-state index in [9.17, 15) is 9.59 Å². The molecule has 0 saturated carbocycles. The number of anilines is 1. The molecule has 0 aliphatic rings. The van der Waals surface area contributed by atoms with Crippen LogP contribution in [0.4, 0.5) is 5.69 Å². The molecule has 2 aromatic rings. The van der Waals surface area contributed by atoms with Gasteiger partial charge in [-0.05, 0) is 61.1 Å². The van der Waals surface area contributed by atoms with Crippen LogP contribution in [0.25, 0.3) is 0 Å². The highest BCUT2D eigenvalue weighted by Gasteiger charge is 2.34. The fraction of sp³-hybridized carbons (Fsp3) is 0.333. The number of nitrogens with zero attached hydrogens (tertiary/aromatic N) is 1. The van der Waals surface area contributed by atoms with Crippen molar-refractivity contribution < 1.29 is 9.59 Å². The highest BCUT2D eigenvalue weighted by atomic mass is 127. The fourth-order valence-corrected chi connectivity index (χ4v) is 3.37. The smallest absolute Gasteiger partial charge is 0.248 e. The Morgan fingerprint density at radius 1 is 1.04 bits per heavy atom. The van der Waals surface area contributed by atoms with Crippen LogP contribution in [0.1, 0.15) is 45.7 Å². The van der Waals surface area contributed by atoms with Crippen LogP contribution >= 0.6 is 22.6 Å². The second-order valence-corrected chi connectivity index (χ2v) is 8.28. The number of carbonyl (C=O) groups is 2. The van der Waals surface area contributed by atoms with Crippen LogP contribution in [0.3, 0.4) is 0 Å². The Kier molecular flexibility index (Phi) is 6.81. The number of hydrogen-bond acceptors (Lipinski definition) is 2. The van der Waals surface area contributed by atoms with Gasteiger partial charge in [-0.2, -0.15) is 0 Å². The molecule has 2 aromatic carbocycles. The van der Waals surface area contributed by atoms with Crippen LogP contribution in [0.15, 0.2) is 54.6 Å². The third-order valence-corrected chi connectivity index (χ3v) is 4.72.